The number of nitrogens with one attached hydrogen (secondary N) is 1. The predicted molar refractivity (Wildman–Crippen MR) is 125 cm³/mol. The van der Waals surface area contributed by atoms with Crippen molar-refractivity contribution in [2.75, 3.05) is 51.9 Å². The molecule has 1 aromatic carbocycles. The standard InChI is InChI=1S/C24H31N5O4/c1-3-24(31,16-32-2)7-6-17-4-5-19-18(14-17)23-27-21(22(25)30)20(29(23)9-8-26-19)15-28-10-12-33-13-11-28/h4-5,14,26,31H,3,8-13,15-16H2,1-2H3,(H2,25,30). The van der Waals surface area contributed by atoms with Gasteiger partial charge in [0.1, 0.15) is 11.4 Å². The summed E-state index contributed by atoms with van der Waals surface area (Å²) in [6.45, 7) is 6.90. The number of amides is 1. The van der Waals surface area contributed by atoms with Crippen LogP contribution in [0.1, 0.15) is 35.1 Å². The van der Waals surface area contributed by atoms with Gasteiger partial charge in [0, 0.05) is 56.6 Å². The molecule has 0 saturated carbocycles. The number of carbonyl (C=O) groups is 1. The number of nitrogens with two attached hydrogens (primary N) is 1. The zero-order valence-corrected chi connectivity index (χ0v) is 19.2. The van der Waals surface area contributed by atoms with Crippen molar-refractivity contribution in [2.45, 2.75) is 32.0 Å². The minimum absolute atomic E-state index is 0.139. The molecule has 9 nitrogen and oxygen atoms in total. The summed E-state index contributed by atoms with van der Waals surface area (Å²) in [6.07, 6.45) is 0.456. The molecule has 1 atom stereocenters. The van der Waals surface area contributed by atoms with Crippen molar-refractivity contribution < 1.29 is 19.4 Å². The van der Waals surface area contributed by atoms with Crippen LogP contribution < -0.4 is 11.1 Å². The summed E-state index contributed by atoms with van der Waals surface area (Å²) in [4.78, 5) is 19.2. The number of ether oxygens (including phenoxy) is 2. The number of carbonyl (C=O) groups excluding carboxylic acids is 1. The van der Waals surface area contributed by atoms with Crippen LogP contribution in [-0.4, -0.2) is 77.6 Å². The SMILES string of the molecule is CCC(O)(C#Cc1ccc2c(c1)-c1nc(C(N)=O)c(CN3CCOCC3)n1CCN2)COC. The molecule has 9 heteroatoms. The second-order valence-corrected chi connectivity index (χ2v) is 8.39. The van der Waals surface area contributed by atoms with Crippen LogP contribution in [0.4, 0.5) is 5.69 Å². The number of aromatic nitrogens is 2. The number of fused-ring (bicyclic) bond motifs is 3. The maximum atomic E-state index is 12.3. The number of hydrogen-bond acceptors (Lipinski definition) is 7. The summed E-state index contributed by atoms with van der Waals surface area (Å²) in [5.41, 5.74) is 8.16. The van der Waals surface area contributed by atoms with Crippen molar-refractivity contribution in [3.8, 4) is 23.2 Å². The number of primary amides is 1. The molecule has 0 bridgehead atoms. The van der Waals surface area contributed by atoms with Crippen LogP contribution in [0.25, 0.3) is 11.4 Å². The molecule has 2 aliphatic rings. The third-order valence-corrected chi connectivity index (χ3v) is 6.10. The van der Waals surface area contributed by atoms with Gasteiger partial charge in [0.05, 0.1) is 25.5 Å². The Labute approximate surface area is 193 Å². The van der Waals surface area contributed by atoms with Gasteiger partial charge in [-0.05, 0) is 24.6 Å². The first-order chi connectivity index (χ1) is 15.9. The third kappa shape index (κ3) is 5.04. The van der Waals surface area contributed by atoms with Gasteiger partial charge < -0.3 is 30.2 Å². The van der Waals surface area contributed by atoms with Crippen molar-refractivity contribution in [3.63, 3.8) is 0 Å². The lowest BCUT2D eigenvalue weighted by Gasteiger charge is -2.27. The van der Waals surface area contributed by atoms with Crippen LogP contribution in [0.15, 0.2) is 18.2 Å². The van der Waals surface area contributed by atoms with Crippen molar-refractivity contribution in [1.29, 1.82) is 0 Å². The number of imidazole rings is 1. The lowest BCUT2D eigenvalue weighted by atomic mass is 10.0. The number of nitrogens with zero attached hydrogens (tertiary/aromatic N) is 3. The van der Waals surface area contributed by atoms with E-state index in [-0.39, 0.29) is 6.61 Å². The lowest BCUT2D eigenvalue weighted by molar-refractivity contribution is 0.0111. The van der Waals surface area contributed by atoms with E-state index in [0.717, 1.165) is 35.6 Å². The average Bonchev–Trinajstić information content (AvgIpc) is 3.07. The first kappa shape index (κ1) is 23.3. The Morgan fingerprint density at radius 1 is 1.36 bits per heavy atom. The summed E-state index contributed by atoms with van der Waals surface area (Å²) in [6, 6.07) is 5.80. The number of morpholine rings is 1. The van der Waals surface area contributed by atoms with Crippen LogP contribution in [0.2, 0.25) is 0 Å². The highest BCUT2D eigenvalue weighted by atomic mass is 16.5. The van der Waals surface area contributed by atoms with Gasteiger partial charge in [-0.2, -0.15) is 0 Å². The van der Waals surface area contributed by atoms with Gasteiger partial charge in [-0.3, -0.25) is 9.69 Å². The van der Waals surface area contributed by atoms with Crippen LogP contribution >= 0.6 is 0 Å². The first-order valence-corrected chi connectivity index (χ1v) is 11.3. The maximum absolute atomic E-state index is 12.3. The molecule has 1 aromatic heterocycles. The highest BCUT2D eigenvalue weighted by molar-refractivity contribution is 5.93. The molecular weight excluding hydrogens is 422 g/mol. The molecule has 1 fully saturated rings. The summed E-state index contributed by atoms with van der Waals surface area (Å²) in [7, 11) is 1.54. The number of methoxy groups -OCH3 is 1. The van der Waals surface area contributed by atoms with Crippen LogP contribution in [0, 0.1) is 11.8 Å². The number of benzene rings is 1. The van der Waals surface area contributed by atoms with Crippen molar-refractivity contribution in [1.82, 2.24) is 14.5 Å². The monoisotopic (exact) mass is 453 g/mol. The number of rotatable bonds is 6. The molecule has 1 saturated heterocycles. The van der Waals surface area contributed by atoms with Crippen molar-refractivity contribution in [2.24, 2.45) is 5.73 Å². The molecule has 1 unspecified atom stereocenters. The quantitative estimate of drug-likeness (QED) is 0.560. The molecule has 1 amide bonds. The van der Waals surface area contributed by atoms with E-state index in [4.69, 9.17) is 15.2 Å². The van der Waals surface area contributed by atoms with E-state index < -0.39 is 11.5 Å². The van der Waals surface area contributed by atoms with Gasteiger partial charge in [0.15, 0.2) is 5.69 Å². The van der Waals surface area contributed by atoms with E-state index in [1.807, 2.05) is 25.1 Å². The Kier molecular flexibility index (Phi) is 7.00. The number of anilines is 1. The predicted octanol–water partition coefficient (Wildman–Crippen LogP) is 1.05. The molecule has 3 heterocycles. The Balaban J connectivity index is 1.74. The maximum Gasteiger partial charge on any atom is 0.269 e. The van der Waals surface area contributed by atoms with Gasteiger partial charge in [0.2, 0.25) is 0 Å². The molecule has 4 N–H and O–H groups in total. The highest BCUT2D eigenvalue weighted by Crippen LogP contribution is 2.33. The zero-order chi connectivity index (χ0) is 23.4. The van der Waals surface area contributed by atoms with E-state index in [2.05, 4.69) is 31.6 Å². The fourth-order valence-corrected chi connectivity index (χ4v) is 4.18. The van der Waals surface area contributed by atoms with Gasteiger partial charge in [0.25, 0.3) is 5.91 Å². The largest absolute Gasteiger partial charge is 0.383 e. The molecule has 176 valence electrons. The van der Waals surface area contributed by atoms with E-state index in [9.17, 15) is 9.90 Å². The van der Waals surface area contributed by atoms with Gasteiger partial charge in [-0.25, -0.2) is 4.98 Å². The summed E-state index contributed by atoms with van der Waals surface area (Å²) in [5.74, 6) is 6.17. The van der Waals surface area contributed by atoms with Crippen molar-refractivity contribution in [3.05, 3.63) is 35.2 Å². The van der Waals surface area contributed by atoms with Gasteiger partial charge in [-0.15, -0.1) is 0 Å². The van der Waals surface area contributed by atoms with E-state index in [1.54, 1.807) is 7.11 Å². The van der Waals surface area contributed by atoms with E-state index in [1.165, 1.54) is 0 Å². The number of aliphatic hydroxyl groups is 1. The summed E-state index contributed by atoms with van der Waals surface area (Å²) in [5, 5.41) is 14.0. The van der Waals surface area contributed by atoms with E-state index >= 15 is 0 Å². The molecule has 0 aliphatic carbocycles. The second kappa shape index (κ2) is 9.93. The molecular formula is C24H31N5O4. The van der Waals surface area contributed by atoms with Crippen molar-refractivity contribution >= 4 is 11.6 Å². The molecule has 33 heavy (non-hydrogen) atoms. The van der Waals surface area contributed by atoms with Crippen LogP contribution in [-0.2, 0) is 22.6 Å². The molecule has 4 rings (SSSR count). The second-order valence-electron chi connectivity index (χ2n) is 8.39. The minimum Gasteiger partial charge on any atom is -0.383 e. The molecule has 0 spiro atoms. The third-order valence-electron chi connectivity index (χ3n) is 6.10. The number of hydrogen-bond donors (Lipinski definition) is 3. The Hall–Kier alpha value is -2.90. The van der Waals surface area contributed by atoms with Crippen LogP contribution in [0.3, 0.4) is 0 Å². The highest BCUT2D eigenvalue weighted by Gasteiger charge is 2.27. The lowest BCUT2D eigenvalue weighted by Crippen LogP contribution is -2.37. The van der Waals surface area contributed by atoms with Crippen LogP contribution in [0.5, 0.6) is 0 Å². The topological polar surface area (TPSA) is 115 Å². The Morgan fingerprint density at radius 3 is 2.85 bits per heavy atom. The molecule has 2 aliphatic heterocycles. The van der Waals surface area contributed by atoms with Gasteiger partial charge in [-0.1, -0.05) is 18.8 Å². The fraction of sp³-hybridized carbons (Fsp3) is 0.500. The fourth-order valence-electron chi connectivity index (χ4n) is 4.18. The van der Waals surface area contributed by atoms with E-state index in [0.29, 0.717) is 50.8 Å². The average molecular weight is 454 g/mol. The minimum atomic E-state index is -1.21. The molecule has 0 radical (unpaired) electrons. The summed E-state index contributed by atoms with van der Waals surface area (Å²) >= 11 is 0. The first-order valence-electron chi connectivity index (χ1n) is 11.3. The smallest absolute Gasteiger partial charge is 0.269 e. The normalized spacial score (nSPS) is 17.5. The zero-order valence-electron chi connectivity index (χ0n) is 19.2. The molecule has 2 aromatic rings. The summed E-state index contributed by atoms with van der Waals surface area (Å²) < 4.78 is 12.6. The van der Waals surface area contributed by atoms with Gasteiger partial charge >= 0.3 is 0 Å². The Bertz CT molecular complexity index is 1080. The Morgan fingerprint density at radius 2 is 2.15 bits per heavy atom.